The van der Waals surface area contributed by atoms with Gasteiger partial charge in [0, 0.05) is 6.54 Å². The third-order valence-corrected chi connectivity index (χ3v) is 4.73. The summed E-state index contributed by atoms with van der Waals surface area (Å²) in [5, 5.41) is 12.0. The van der Waals surface area contributed by atoms with Gasteiger partial charge in [-0.25, -0.2) is 4.79 Å². The van der Waals surface area contributed by atoms with Gasteiger partial charge in [-0.1, -0.05) is 25.5 Å². The van der Waals surface area contributed by atoms with E-state index in [1.165, 1.54) is 6.08 Å². The predicted molar refractivity (Wildman–Crippen MR) is 133 cm³/mol. The van der Waals surface area contributed by atoms with Crippen LogP contribution < -0.4 is 24.3 Å². The molecule has 0 unspecified atom stereocenters. The molecule has 186 valence electrons. The summed E-state index contributed by atoms with van der Waals surface area (Å²) < 4.78 is 22.5. The molecule has 0 spiro atoms. The Kier molecular flexibility index (Phi) is 11.1. The Morgan fingerprint density at radius 3 is 2.06 bits per heavy atom. The monoisotopic (exact) mass is 480 g/mol. The normalized spacial score (nSPS) is 10.8. The van der Waals surface area contributed by atoms with Crippen LogP contribution in [0.1, 0.15) is 56.5 Å². The maximum atomic E-state index is 12.8. The number of nitrogens with one attached hydrogen (secondary N) is 1. The summed E-state index contributed by atoms with van der Waals surface area (Å²) in [7, 11) is 0. The molecule has 1 N–H and O–H groups in total. The van der Waals surface area contributed by atoms with E-state index >= 15 is 0 Å². The highest BCUT2D eigenvalue weighted by molar-refractivity contribution is 6.01. The van der Waals surface area contributed by atoms with Crippen molar-refractivity contribution in [3.63, 3.8) is 0 Å². The second-order valence-electron chi connectivity index (χ2n) is 7.34. The first-order valence-corrected chi connectivity index (χ1v) is 11.8. The summed E-state index contributed by atoms with van der Waals surface area (Å²) in [6.45, 7) is 9.26. The van der Waals surface area contributed by atoms with Gasteiger partial charge in [-0.15, -0.1) is 0 Å². The number of benzene rings is 2. The average Bonchev–Trinajstić information content (AvgIpc) is 2.85. The third-order valence-electron chi connectivity index (χ3n) is 4.73. The molecule has 1 amide bonds. The van der Waals surface area contributed by atoms with Crippen LogP contribution >= 0.6 is 0 Å². The fourth-order valence-corrected chi connectivity index (χ4v) is 3.09. The number of unbranched alkanes of at least 4 members (excludes halogenated alkanes) is 1. The molecule has 0 saturated carbocycles. The van der Waals surface area contributed by atoms with Crippen LogP contribution in [0.25, 0.3) is 6.08 Å². The molecular weight excluding hydrogens is 448 g/mol. The van der Waals surface area contributed by atoms with Crippen LogP contribution in [0.2, 0.25) is 0 Å². The first-order chi connectivity index (χ1) is 17.0. The minimum Gasteiger partial charge on any atom is -0.490 e. The zero-order valence-electron chi connectivity index (χ0n) is 20.7. The van der Waals surface area contributed by atoms with Crippen LogP contribution in [0, 0.1) is 11.3 Å². The Balaban J connectivity index is 2.20. The van der Waals surface area contributed by atoms with Crippen LogP contribution in [0.15, 0.2) is 42.0 Å². The maximum absolute atomic E-state index is 12.8. The molecule has 0 heterocycles. The summed E-state index contributed by atoms with van der Waals surface area (Å²) in [6, 6.07) is 11.6. The Hall–Kier alpha value is -3.99. The van der Waals surface area contributed by atoms with Crippen molar-refractivity contribution in [3.05, 3.63) is 53.1 Å². The van der Waals surface area contributed by atoms with Gasteiger partial charge in [-0.3, -0.25) is 4.79 Å². The molecule has 0 aromatic heterocycles. The average molecular weight is 481 g/mol. The highest BCUT2D eigenvalue weighted by Crippen LogP contribution is 2.39. The predicted octanol–water partition coefficient (Wildman–Crippen LogP) is 4.93. The Labute approximate surface area is 206 Å². The van der Waals surface area contributed by atoms with Gasteiger partial charge in [0.05, 0.1) is 25.4 Å². The van der Waals surface area contributed by atoms with Gasteiger partial charge in [-0.05, 0) is 63.1 Å². The molecule has 0 radical (unpaired) electrons. The first-order valence-electron chi connectivity index (χ1n) is 11.8. The number of carbonyl (C=O) groups is 2. The van der Waals surface area contributed by atoms with E-state index in [0.29, 0.717) is 54.9 Å². The number of carbonyl (C=O) groups excluding carboxylic acids is 2. The lowest BCUT2D eigenvalue weighted by molar-refractivity contribution is -0.117. The zero-order valence-corrected chi connectivity index (χ0v) is 20.7. The molecule has 0 bridgehead atoms. The lowest BCUT2D eigenvalue weighted by atomic mass is 10.1. The summed E-state index contributed by atoms with van der Waals surface area (Å²) in [6.07, 6.45) is 3.28. The Morgan fingerprint density at radius 2 is 1.54 bits per heavy atom. The lowest BCUT2D eigenvalue weighted by Crippen LogP contribution is -2.25. The summed E-state index contributed by atoms with van der Waals surface area (Å²) >= 11 is 0. The van der Waals surface area contributed by atoms with E-state index in [1.807, 2.05) is 33.8 Å². The number of hydrogen-bond donors (Lipinski definition) is 1. The molecule has 2 rings (SSSR count). The van der Waals surface area contributed by atoms with Gasteiger partial charge in [0.25, 0.3) is 5.91 Å². The fourth-order valence-electron chi connectivity index (χ4n) is 3.09. The van der Waals surface area contributed by atoms with E-state index in [2.05, 4.69) is 5.32 Å². The smallest absolute Gasteiger partial charge is 0.343 e. The molecule has 8 nitrogen and oxygen atoms in total. The van der Waals surface area contributed by atoms with E-state index in [9.17, 15) is 14.9 Å². The van der Waals surface area contributed by atoms with Gasteiger partial charge in [0.1, 0.15) is 17.4 Å². The highest BCUT2D eigenvalue weighted by Gasteiger charge is 2.19. The number of amides is 1. The van der Waals surface area contributed by atoms with Gasteiger partial charge in [0.15, 0.2) is 11.5 Å². The number of esters is 1. The molecule has 0 fully saturated rings. The van der Waals surface area contributed by atoms with Gasteiger partial charge in [-0.2, -0.15) is 5.26 Å². The Morgan fingerprint density at radius 1 is 0.943 bits per heavy atom. The molecule has 0 saturated heterocycles. The van der Waals surface area contributed by atoms with Crippen molar-refractivity contribution < 1.29 is 28.5 Å². The van der Waals surface area contributed by atoms with Gasteiger partial charge in [0.2, 0.25) is 5.75 Å². The summed E-state index contributed by atoms with van der Waals surface area (Å²) in [5.74, 6) is 0.537. The topological polar surface area (TPSA) is 107 Å². The Bertz CT molecular complexity index is 1040. The van der Waals surface area contributed by atoms with Crippen molar-refractivity contribution >= 4 is 18.0 Å². The molecule has 2 aromatic carbocycles. The number of nitriles is 1. The zero-order chi connectivity index (χ0) is 25.6. The second-order valence-corrected chi connectivity index (χ2v) is 7.34. The number of ether oxygens (including phenoxy) is 4. The third kappa shape index (κ3) is 8.07. The SMILES string of the molecule is CCCCNC(=O)/C(C#N)=C/c1ccc(OC(=O)c2cc(OCC)c(OCC)c(OCC)c2)cc1. The largest absolute Gasteiger partial charge is 0.490 e. The van der Waals surface area contributed by atoms with Crippen molar-refractivity contribution in [3.8, 4) is 29.1 Å². The molecule has 2 aromatic rings. The lowest BCUT2D eigenvalue weighted by Gasteiger charge is -2.16. The number of hydrogen-bond acceptors (Lipinski definition) is 7. The molecule has 8 heteroatoms. The molecule has 0 aliphatic rings. The molecular formula is C27H32N2O6. The highest BCUT2D eigenvalue weighted by atomic mass is 16.5. The van der Waals surface area contributed by atoms with Crippen LogP contribution in [-0.2, 0) is 4.79 Å². The van der Waals surface area contributed by atoms with Crippen LogP contribution in [0.4, 0.5) is 0 Å². The van der Waals surface area contributed by atoms with Crippen LogP contribution in [0.5, 0.6) is 23.0 Å². The number of nitrogens with zero attached hydrogens (tertiary/aromatic N) is 1. The standard InChI is InChI=1S/C27H32N2O6/c1-5-9-14-29-26(30)21(18-28)15-19-10-12-22(13-11-19)35-27(31)20-16-23(32-6-2)25(34-8-4)24(17-20)33-7-3/h10-13,15-17H,5-9,14H2,1-4H3,(H,29,30)/b21-15+. The molecule has 0 aliphatic heterocycles. The number of rotatable bonds is 13. The summed E-state index contributed by atoms with van der Waals surface area (Å²) in [4.78, 5) is 25.0. The van der Waals surface area contributed by atoms with Gasteiger partial charge >= 0.3 is 5.97 Å². The fraction of sp³-hybridized carbons (Fsp3) is 0.370. The molecule has 0 aliphatic carbocycles. The first kappa shape index (κ1) is 27.3. The van der Waals surface area contributed by atoms with E-state index in [0.717, 1.165) is 12.8 Å². The van der Waals surface area contributed by atoms with Crippen LogP contribution in [0.3, 0.4) is 0 Å². The van der Waals surface area contributed by atoms with Crippen molar-refractivity contribution in [2.75, 3.05) is 26.4 Å². The van der Waals surface area contributed by atoms with E-state index in [4.69, 9.17) is 18.9 Å². The second kappa shape index (κ2) is 14.3. The van der Waals surface area contributed by atoms with Crippen molar-refractivity contribution in [2.24, 2.45) is 0 Å². The van der Waals surface area contributed by atoms with E-state index in [-0.39, 0.29) is 11.1 Å². The van der Waals surface area contributed by atoms with Crippen molar-refractivity contribution in [1.82, 2.24) is 5.32 Å². The van der Waals surface area contributed by atoms with Gasteiger partial charge < -0.3 is 24.3 Å². The molecule has 35 heavy (non-hydrogen) atoms. The van der Waals surface area contributed by atoms with E-state index in [1.54, 1.807) is 36.4 Å². The van der Waals surface area contributed by atoms with E-state index < -0.39 is 11.9 Å². The molecule has 0 atom stereocenters. The minimum absolute atomic E-state index is 0.00661. The quantitative estimate of drug-likeness (QED) is 0.142. The maximum Gasteiger partial charge on any atom is 0.343 e. The minimum atomic E-state index is -0.591. The van der Waals surface area contributed by atoms with Crippen LogP contribution in [-0.4, -0.2) is 38.2 Å². The van der Waals surface area contributed by atoms with Crippen molar-refractivity contribution in [1.29, 1.82) is 5.26 Å². The van der Waals surface area contributed by atoms with Crippen molar-refractivity contribution in [2.45, 2.75) is 40.5 Å². The summed E-state index contributed by atoms with van der Waals surface area (Å²) in [5.41, 5.74) is 0.886.